The topological polar surface area (TPSA) is 108 Å². The third-order valence-electron chi connectivity index (χ3n) is 7.07. The summed E-state index contributed by atoms with van der Waals surface area (Å²) in [4.78, 5) is 37.9. The molecule has 2 aromatic carbocycles. The van der Waals surface area contributed by atoms with E-state index in [0.717, 1.165) is 35.2 Å². The molecule has 3 amide bonds. The summed E-state index contributed by atoms with van der Waals surface area (Å²) < 4.78 is 5.73. The fourth-order valence-electron chi connectivity index (χ4n) is 4.97. The first kappa shape index (κ1) is 25.5. The molecule has 1 heterocycles. The van der Waals surface area contributed by atoms with Gasteiger partial charge in [-0.1, -0.05) is 32.0 Å². The van der Waals surface area contributed by atoms with Crippen LogP contribution >= 0.6 is 0 Å². The molecule has 1 fully saturated rings. The van der Waals surface area contributed by atoms with Gasteiger partial charge in [0, 0.05) is 30.9 Å². The number of aliphatic carboxylic acids is 1. The van der Waals surface area contributed by atoms with E-state index >= 15 is 0 Å². The summed E-state index contributed by atoms with van der Waals surface area (Å²) in [6.45, 7) is 5.25. The molecule has 8 heteroatoms. The normalized spacial score (nSPS) is 19.4. The molecule has 0 bridgehead atoms. The van der Waals surface area contributed by atoms with Crippen LogP contribution in [0.15, 0.2) is 42.5 Å². The summed E-state index contributed by atoms with van der Waals surface area (Å²) >= 11 is 0. The third kappa shape index (κ3) is 6.77. The van der Waals surface area contributed by atoms with Crippen molar-refractivity contribution < 1.29 is 24.2 Å². The first-order chi connectivity index (χ1) is 17.3. The van der Waals surface area contributed by atoms with E-state index in [2.05, 4.69) is 24.5 Å². The molecular weight excluding hydrogens is 458 g/mol. The maximum absolute atomic E-state index is 12.7. The van der Waals surface area contributed by atoms with Crippen LogP contribution in [0.3, 0.4) is 0 Å². The van der Waals surface area contributed by atoms with Crippen molar-refractivity contribution in [3.8, 4) is 0 Å². The molecule has 8 nitrogen and oxygen atoms in total. The Balaban J connectivity index is 1.27. The quantitative estimate of drug-likeness (QED) is 0.459. The monoisotopic (exact) mass is 493 g/mol. The zero-order chi connectivity index (χ0) is 25.7. The molecule has 3 N–H and O–H groups in total. The molecule has 0 saturated heterocycles. The standard InChI is InChI=1S/C28H35N3O5/c1-18(2)20-4-3-5-23(15-20)29-27(34)30-24-9-8-22-17-31(13-12-21(22)16-24)28(35)36-25-10-6-19(7-11-25)14-26(32)33/h3-5,8-9,15-16,18-19,25H,6-7,10-14,17H2,1-2H3,(H,32,33)(H2,29,30,34). The highest BCUT2D eigenvalue weighted by molar-refractivity contribution is 5.99. The van der Waals surface area contributed by atoms with Crippen molar-refractivity contribution in [1.29, 1.82) is 0 Å². The summed E-state index contributed by atoms with van der Waals surface area (Å²) in [5, 5.41) is 14.7. The van der Waals surface area contributed by atoms with Crippen molar-refractivity contribution in [2.45, 2.75) is 70.9 Å². The van der Waals surface area contributed by atoms with Gasteiger partial charge >= 0.3 is 18.1 Å². The number of benzene rings is 2. The number of urea groups is 1. The van der Waals surface area contributed by atoms with E-state index in [1.165, 1.54) is 0 Å². The minimum atomic E-state index is -0.766. The molecule has 0 aromatic heterocycles. The van der Waals surface area contributed by atoms with Gasteiger partial charge in [-0.05, 0) is 84.9 Å². The van der Waals surface area contributed by atoms with Crippen molar-refractivity contribution >= 4 is 29.5 Å². The molecule has 2 aliphatic rings. The van der Waals surface area contributed by atoms with Gasteiger partial charge in [-0.15, -0.1) is 0 Å². The number of carbonyl (C=O) groups is 3. The average Bonchev–Trinajstić information content (AvgIpc) is 2.84. The molecule has 0 unspecified atom stereocenters. The Bertz CT molecular complexity index is 1110. The molecule has 0 atom stereocenters. The first-order valence-electron chi connectivity index (χ1n) is 12.7. The number of anilines is 2. The van der Waals surface area contributed by atoms with Crippen LogP contribution in [-0.2, 0) is 22.5 Å². The molecule has 36 heavy (non-hydrogen) atoms. The number of carboxylic acid groups (broad SMARTS) is 1. The largest absolute Gasteiger partial charge is 0.481 e. The van der Waals surface area contributed by atoms with Crippen LogP contribution in [-0.4, -0.2) is 40.7 Å². The number of fused-ring (bicyclic) bond motifs is 1. The Hall–Kier alpha value is -3.55. The second kappa shape index (κ2) is 11.5. The van der Waals surface area contributed by atoms with Crippen LogP contribution in [0.5, 0.6) is 0 Å². The van der Waals surface area contributed by atoms with Crippen LogP contribution in [0.1, 0.15) is 68.6 Å². The van der Waals surface area contributed by atoms with Gasteiger partial charge in [-0.25, -0.2) is 9.59 Å². The molecule has 0 radical (unpaired) electrons. The lowest BCUT2D eigenvalue weighted by Gasteiger charge is -2.32. The number of rotatable bonds is 6. The molecule has 192 valence electrons. The van der Waals surface area contributed by atoms with E-state index in [1.54, 1.807) is 4.90 Å². The van der Waals surface area contributed by atoms with Crippen LogP contribution < -0.4 is 10.6 Å². The van der Waals surface area contributed by atoms with E-state index in [9.17, 15) is 14.4 Å². The summed E-state index contributed by atoms with van der Waals surface area (Å²) in [6, 6.07) is 13.3. The zero-order valence-corrected chi connectivity index (χ0v) is 21.0. The molecule has 1 saturated carbocycles. The number of carboxylic acids is 1. The minimum Gasteiger partial charge on any atom is -0.481 e. The number of carbonyl (C=O) groups excluding carboxylic acids is 2. The number of hydrogen-bond acceptors (Lipinski definition) is 4. The minimum absolute atomic E-state index is 0.143. The highest BCUT2D eigenvalue weighted by Crippen LogP contribution is 2.30. The third-order valence-corrected chi connectivity index (χ3v) is 7.07. The fourth-order valence-corrected chi connectivity index (χ4v) is 4.97. The van der Waals surface area contributed by atoms with E-state index in [-0.39, 0.29) is 30.6 Å². The number of ether oxygens (including phenoxy) is 1. The molecule has 1 aliphatic heterocycles. The van der Waals surface area contributed by atoms with Gasteiger partial charge in [0.25, 0.3) is 0 Å². The maximum atomic E-state index is 12.7. The lowest BCUT2D eigenvalue weighted by Crippen LogP contribution is -2.39. The van der Waals surface area contributed by atoms with Gasteiger partial charge in [-0.2, -0.15) is 0 Å². The molecule has 2 aromatic rings. The second-order valence-corrected chi connectivity index (χ2v) is 10.1. The Morgan fingerprint density at radius 1 is 1.00 bits per heavy atom. The number of hydrogen-bond donors (Lipinski definition) is 3. The average molecular weight is 494 g/mol. The van der Waals surface area contributed by atoms with Crippen LogP contribution in [0, 0.1) is 5.92 Å². The zero-order valence-electron chi connectivity index (χ0n) is 21.0. The van der Waals surface area contributed by atoms with Gasteiger partial charge in [0.15, 0.2) is 0 Å². The smallest absolute Gasteiger partial charge is 0.410 e. The van der Waals surface area contributed by atoms with Crippen LogP contribution in [0.4, 0.5) is 21.0 Å². The van der Waals surface area contributed by atoms with Gasteiger partial charge < -0.3 is 25.4 Å². The summed E-state index contributed by atoms with van der Waals surface area (Å²) in [5.74, 6) is -0.210. The van der Waals surface area contributed by atoms with Gasteiger partial charge in [-0.3, -0.25) is 4.79 Å². The van der Waals surface area contributed by atoms with E-state index in [4.69, 9.17) is 9.84 Å². The highest BCUT2D eigenvalue weighted by atomic mass is 16.6. The number of nitrogens with zero attached hydrogens (tertiary/aromatic N) is 1. The summed E-state index contributed by atoms with van der Waals surface area (Å²) in [7, 11) is 0. The first-order valence-corrected chi connectivity index (χ1v) is 12.7. The van der Waals surface area contributed by atoms with Crippen LogP contribution in [0.2, 0.25) is 0 Å². The number of amides is 3. The van der Waals surface area contributed by atoms with E-state index in [1.807, 2.05) is 42.5 Å². The number of nitrogens with one attached hydrogen (secondary N) is 2. The molecule has 1 aliphatic carbocycles. The predicted molar refractivity (Wildman–Crippen MR) is 138 cm³/mol. The Morgan fingerprint density at radius 3 is 2.42 bits per heavy atom. The molecule has 4 rings (SSSR count). The lowest BCUT2D eigenvalue weighted by molar-refractivity contribution is -0.138. The molecule has 0 spiro atoms. The van der Waals surface area contributed by atoms with Crippen molar-refractivity contribution in [3.63, 3.8) is 0 Å². The maximum Gasteiger partial charge on any atom is 0.410 e. The van der Waals surface area contributed by atoms with Gasteiger partial charge in [0.1, 0.15) is 6.10 Å². The Labute approximate surface area is 212 Å². The van der Waals surface area contributed by atoms with Crippen molar-refractivity contribution in [3.05, 3.63) is 59.2 Å². The van der Waals surface area contributed by atoms with Gasteiger partial charge in [0.2, 0.25) is 0 Å². The fraction of sp³-hybridized carbons (Fsp3) is 0.464. The Kier molecular flexibility index (Phi) is 8.13. The summed E-state index contributed by atoms with van der Waals surface area (Å²) in [6.07, 6.45) is 3.40. The Morgan fingerprint density at radius 2 is 1.72 bits per heavy atom. The predicted octanol–water partition coefficient (Wildman–Crippen LogP) is 5.98. The van der Waals surface area contributed by atoms with Crippen molar-refractivity contribution in [2.75, 3.05) is 17.2 Å². The summed E-state index contributed by atoms with van der Waals surface area (Å²) in [5.41, 5.74) is 4.77. The van der Waals surface area contributed by atoms with Crippen LogP contribution in [0.25, 0.3) is 0 Å². The highest BCUT2D eigenvalue weighted by Gasteiger charge is 2.28. The van der Waals surface area contributed by atoms with Crippen molar-refractivity contribution in [2.24, 2.45) is 5.92 Å². The molecular formula is C28H35N3O5. The van der Waals surface area contributed by atoms with E-state index in [0.29, 0.717) is 44.0 Å². The SMILES string of the molecule is CC(C)c1cccc(NC(=O)Nc2ccc3c(c2)CCN(C(=O)OC2CCC(CC(=O)O)CC2)C3)c1. The lowest BCUT2D eigenvalue weighted by atomic mass is 9.85. The second-order valence-electron chi connectivity index (χ2n) is 10.1. The van der Waals surface area contributed by atoms with Crippen molar-refractivity contribution in [1.82, 2.24) is 4.90 Å². The van der Waals surface area contributed by atoms with Gasteiger partial charge in [0.05, 0.1) is 0 Å². The van der Waals surface area contributed by atoms with E-state index < -0.39 is 5.97 Å².